The van der Waals surface area contributed by atoms with Crippen LogP contribution in [0.2, 0.25) is 0 Å². The zero-order valence-electron chi connectivity index (χ0n) is 7.19. The zero-order valence-corrected chi connectivity index (χ0v) is 7.19. The van der Waals surface area contributed by atoms with Gasteiger partial charge in [0.25, 0.3) is 0 Å². The highest BCUT2D eigenvalue weighted by atomic mass is 16.6. The van der Waals surface area contributed by atoms with Crippen LogP contribution in [-0.2, 0) is 14.3 Å². The third-order valence-corrected chi connectivity index (χ3v) is 3.64. The third kappa shape index (κ3) is 0.534. The van der Waals surface area contributed by atoms with Crippen molar-refractivity contribution >= 4 is 5.97 Å². The van der Waals surface area contributed by atoms with Crippen LogP contribution in [0.5, 0.6) is 0 Å². The minimum atomic E-state index is -0.0376. The predicted octanol–water partition coefficient (Wildman–Crippen LogP) is 0.581. The number of esters is 1. The fraction of sp³-hybridized carbons (Fsp3) is 0.889. The quantitative estimate of drug-likeness (QED) is 0.496. The summed E-state index contributed by atoms with van der Waals surface area (Å²) in [5.41, 5.74) is 0. The van der Waals surface area contributed by atoms with Crippen molar-refractivity contribution < 1.29 is 14.3 Å². The van der Waals surface area contributed by atoms with Crippen LogP contribution in [-0.4, -0.2) is 24.3 Å². The molecule has 3 unspecified atom stereocenters. The van der Waals surface area contributed by atoms with Crippen molar-refractivity contribution in [2.45, 2.75) is 32.2 Å². The second-order valence-electron chi connectivity index (χ2n) is 4.21. The summed E-state index contributed by atoms with van der Waals surface area (Å²) in [6.45, 7) is 4.20. The van der Waals surface area contributed by atoms with Crippen molar-refractivity contribution in [3.63, 3.8) is 0 Å². The maximum absolute atomic E-state index is 11.3. The van der Waals surface area contributed by atoms with Gasteiger partial charge in [-0.05, 0) is 5.92 Å². The molecule has 0 amide bonds. The van der Waals surface area contributed by atoms with E-state index in [1.54, 1.807) is 0 Å². The summed E-state index contributed by atoms with van der Waals surface area (Å²) in [7, 11) is 0. The Morgan fingerprint density at radius 3 is 2.50 bits per heavy atom. The Kier molecular flexibility index (Phi) is 1.06. The summed E-state index contributed by atoms with van der Waals surface area (Å²) < 4.78 is 11.0. The molecule has 3 saturated heterocycles. The molecule has 2 bridgehead atoms. The van der Waals surface area contributed by atoms with Gasteiger partial charge in [0, 0.05) is 5.92 Å². The van der Waals surface area contributed by atoms with Crippen LogP contribution in [0, 0.1) is 17.8 Å². The second-order valence-corrected chi connectivity index (χ2v) is 4.21. The summed E-state index contributed by atoms with van der Waals surface area (Å²) in [6, 6.07) is 0. The highest BCUT2D eigenvalue weighted by Crippen LogP contribution is 2.52. The molecule has 3 fully saturated rings. The topological polar surface area (TPSA) is 35.5 Å². The summed E-state index contributed by atoms with van der Waals surface area (Å²) in [6.07, 6.45) is 0.396. The summed E-state index contributed by atoms with van der Waals surface area (Å²) in [4.78, 5) is 11.3. The average molecular weight is 168 g/mol. The predicted molar refractivity (Wildman–Crippen MR) is 40.4 cm³/mol. The van der Waals surface area contributed by atoms with Crippen LogP contribution in [0.4, 0.5) is 0 Å². The Bertz CT molecular complexity index is 250. The van der Waals surface area contributed by atoms with E-state index in [1.165, 1.54) is 0 Å². The first-order valence-electron chi connectivity index (χ1n) is 4.56. The molecule has 3 heterocycles. The van der Waals surface area contributed by atoms with Gasteiger partial charge in [-0.1, -0.05) is 13.8 Å². The van der Waals surface area contributed by atoms with Crippen LogP contribution < -0.4 is 0 Å². The van der Waals surface area contributed by atoms with Gasteiger partial charge in [0.15, 0.2) is 0 Å². The standard InChI is InChI=1S/C9H12O3/c1-3-5-8-7(12-9(5)10)4(2)6(3)11-8/h3-8H,1-2H3/t3-,4-,5-,6?,7?,8?/m1/s1. The lowest BCUT2D eigenvalue weighted by Crippen LogP contribution is -2.35. The van der Waals surface area contributed by atoms with Gasteiger partial charge in [0.05, 0.1) is 12.0 Å². The lowest BCUT2D eigenvalue weighted by molar-refractivity contribution is -0.144. The van der Waals surface area contributed by atoms with E-state index in [9.17, 15) is 4.79 Å². The molecule has 66 valence electrons. The minimum absolute atomic E-state index is 0.0376. The van der Waals surface area contributed by atoms with Gasteiger partial charge in [-0.2, -0.15) is 0 Å². The molecule has 0 aliphatic carbocycles. The van der Waals surface area contributed by atoms with E-state index in [0.29, 0.717) is 11.8 Å². The number of hydrogen-bond acceptors (Lipinski definition) is 3. The first-order valence-corrected chi connectivity index (χ1v) is 4.56. The number of carbonyl (C=O) groups excluding carboxylic acids is 1. The first-order chi connectivity index (χ1) is 5.70. The minimum Gasteiger partial charge on any atom is -0.459 e. The summed E-state index contributed by atoms with van der Waals surface area (Å²) in [5.74, 6) is 0.754. The van der Waals surface area contributed by atoms with Crippen LogP contribution in [0.15, 0.2) is 0 Å². The molecule has 3 aliphatic rings. The monoisotopic (exact) mass is 168 g/mol. The summed E-state index contributed by atoms with van der Waals surface area (Å²) >= 11 is 0. The normalized spacial score (nSPS) is 61.0. The molecular formula is C9H12O3. The van der Waals surface area contributed by atoms with Crippen LogP contribution in [0.25, 0.3) is 0 Å². The lowest BCUT2D eigenvalue weighted by Gasteiger charge is -2.22. The fourth-order valence-corrected chi connectivity index (χ4v) is 3.00. The van der Waals surface area contributed by atoms with E-state index in [0.717, 1.165) is 0 Å². The second kappa shape index (κ2) is 1.84. The fourth-order valence-electron chi connectivity index (χ4n) is 3.00. The maximum atomic E-state index is 11.3. The van der Waals surface area contributed by atoms with Crippen molar-refractivity contribution in [1.82, 2.24) is 0 Å². The molecule has 6 atom stereocenters. The molecular weight excluding hydrogens is 156 g/mol. The van der Waals surface area contributed by atoms with Crippen molar-refractivity contribution in [3.05, 3.63) is 0 Å². The highest BCUT2D eigenvalue weighted by molar-refractivity contribution is 5.77. The van der Waals surface area contributed by atoms with Crippen molar-refractivity contribution in [2.75, 3.05) is 0 Å². The zero-order chi connectivity index (χ0) is 8.46. The molecule has 0 N–H and O–H groups in total. The van der Waals surface area contributed by atoms with Crippen molar-refractivity contribution in [1.29, 1.82) is 0 Å². The molecule has 12 heavy (non-hydrogen) atoms. The Labute approximate surface area is 71.0 Å². The molecule has 0 radical (unpaired) electrons. The van der Waals surface area contributed by atoms with Gasteiger partial charge >= 0.3 is 5.97 Å². The van der Waals surface area contributed by atoms with Gasteiger partial charge in [0.2, 0.25) is 0 Å². The molecule has 0 spiro atoms. The van der Waals surface area contributed by atoms with Gasteiger partial charge < -0.3 is 9.47 Å². The Balaban J connectivity index is 2.06. The molecule has 0 aromatic rings. The number of rotatable bonds is 0. The van der Waals surface area contributed by atoms with Crippen LogP contribution in [0.3, 0.4) is 0 Å². The first kappa shape index (κ1) is 6.89. The van der Waals surface area contributed by atoms with E-state index in [4.69, 9.17) is 9.47 Å². The highest BCUT2D eigenvalue weighted by Gasteiger charge is 2.65. The van der Waals surface area contributed by atoms with E-state index in [1.807, 2.05) is 0 Å². The van der Waals surface area contributed by atoms with Gasteiger partial charge in [-0.15, -0.1) is 0 Å². The third-order valence-electron chi connectivity index (χ3n) is 3.64. The van der Waals surface area contributed by atoms with E-state index < -0.39 is 0 Å². The van der Waals surface area contributed by atoms with Crippen LogP contribution in [0.1, 0.15) is 13.8 Å². The molecule has 0 aromatic heterocycles. The molecule has 3 rings (SSSR count). The molecule has 0 aromatic carbocycles. The smallest absolute Gasteiger partial charge is 0.312 e. The van der Waals surface area contributed by atoms with E-state index in [2.05, 4.69) is 13.8 Å². The number of carbonyl (C=O) groups is 1. The largest absolute Gasteiger partial charge is 0.459 e. The SMILES string of the molecule is C[C@H]1C2OC(=O)[C@H]3C2OC1[C@@H]3C. The van der Waals surface area contributed by atoms with Gasteiger partial charge in [-0.25, -0.2) is 0 Å². The Morgan fingerprint density at radius 2 is 1.83 bits per heavy atom. The van der Waals surface area contributed by atoms with E-state index >= 15 is 0 Å². The molecule has 3 heteroatoms. The Hall–Kier alpha value is -0.570. The van der Waals surface area contributed by atoms with Gasteiger partial charge in [-0.3, -0.25) is 4.79 Å². The van der Waals surface area contributed by atoms with Crippen molar-refractivity contribution in [3.8, 4) is 0 Å². The number of fused-ring (bicyclic) bond motifs is 1. The molecule has 3 aliphatic heterocycles. The molecule has 3 nitrogen and oxygen atoms in total. The van der Waals surface area contributed by atoms with Gasteiger partial charge in [0.1, 0.15) is 12.2 Å². The summed E-state index contributed by atoms with van der Waals surface area (Å²) in [5, 5.41) is 0. The lowest BCUT2D eigenvalue weighted by atomic mass is 9.76. The van der Waals surface area contributed by atoms with Crippen molar-refractivity contribution in [2.24, 2.45) is 17.8 Å². The molecule has 0 saturated carbocycles. The number of hydrogen-bond donors (Lipinski definition) is 0. The Morgan fingerprint density at radius 1 is 1.08 bits per heavy atom. The average Bonchev–Trinajstić information content (AvgIpc) is 2.56. The number of ether oxygens (including phenoxy) is 2. The van der Waals surface area contributed by atoms with Crippen LogP contribution >= 0.6 is 0 Å². The maximum Gasteiger partial charge on any atom is 0.312 e. The van der Waals surface area contributed by atoms with E-state index in [-0.39, 0.29) is 30.2 Å².